The van der Waals surface area contributed by atoms with Gasteiger partial charge >= 0.3 is 12.1 Å². The Labute approximate surface area is 242 Å². The molecule has 41 heavy (non-hydrogen) atoms. The number of ether oxygens (including phenoxy) is 1. The average molecular weight is 614 g/mol. The van der Waals surface area contributed by atoms with Crippen LogP contribution in [0.15, 0.2) is 42.5 Å². The molecule has 1 aromatic heterocycles. The van der Waals surface area contributed by atoms with E-state index < -0.39 is 30.1 Å². The van der Waals surface area contributed by atoms with Crippen molar-refractivity contribution in [2.45, 2.75) is 37.6 Å². The number of nitrogen functional groups attached to an aromatic ring is 1. The van der Waals surface area contributed by atoms with Crippen LogP contribution in [0.3, 0.4) is 0 Å². The van der Waals surface area contributed by atoms with Crippen molar-refractivity contribution in [2.24, 2.45) is 5.41 Å². The second kappa shape index (κ2) is 11.1. The van der Waals surface area contributed by atoms with Crippen LogP contribution >= 0.6 is 23.2 Å². The zero-order valence-electron chi connectivity index (χ0n) is 21.4. The van der Waals surface area contributed by atoms with Gasteiger partial charge in [-0.25, -0.2) is 4.39 Å². The minimum atomic E-state index is -4.89. The fourth-order valence-electron chi connectivity index (χ4n) is 5.43. The number of alkyl halides is 3. The van der Waals surface area contributed by atoms with E-state index in [9.17, 15) is 27.5 Å². The van der Waals surface area contributed by atoms with E-state index in [0.717, 1.165) is 6.07 Å². The van der Waals surface area contributed by atoms with Gasteiger partial charge in [0.2, 0.25) is 17.9 Å². The number of piperidine rings is 1. The number of aliphatic carboxylic acids is 1. The van der Waals surface area contributed by atoms with Gasteiger partial charge in [0.05, 0.1) is 5.02 Å². The lowest BCUT2D eigenvalue weighted by Crippen LogP contribution is -2.41. The van der Waals surface area contributed by atoms with Crippen LogP contribution in [-0.2, 0) is 4.79 Å². The van der Waals surface area contributed by atoms with Crippen LogP contribution in [0.2, 0.25) is 10.0 Å². The van der Waals surface area contributed by atoms with Crippen molar-refractivity contribution in [1.29, 1.82) is 0 Å². The highest BCUT2D eigenvalue weighted by Crippen LogP contribution is 2.44. The van der Waals surface area contributed by atoms with Gasteiger partial charge in [-0.3, -0.25) is 4.79 Å². The molecule has 2 atom stereocenters. The normalized spacial score (nSPS) is 19.4. The zero-order valence-corrected chi connectivity index (χ0v) is 22.9. The maximum atomic E-state index is 14.5. The number of hydrogen-bond donors (Lipinski definition) is 3. The van der Waals surface area contributed by atoms with E-state index in [2.05, 4.69) is 15.3 Å². The first kappa shape index (κ1) is 29.2. The summed E-state index contributed by atoms with van der Waals surface area (Å²) in [7, 11) is 0. The molecule has 2 aliphatic rings. The van der Waals surface area contributed by atoms with Crippen LogP contribution in [0, 0.1) is 11.2 Å². The predicted molar refractivity (Wildman–Crippen MR) is 146 cm³/mol. The third kappa shape index (κ3) is 6.29. The number of benzene rings is 2. The van der Waals surface area contributed by atoms with E-state index in [4.69, 9.17) is 33.7 Å². The minimum absolute atomic E-state index is 0.0511. The predicted octanol–water partition coefficient (Wildman–Crippen LogP) is 5.89. The Morgan fingerprint density at radius 3 is 2.51 bits per heavy atom. The number of aromatic nitrogens is 2. The summed E-state index contributed by atoms with van der Waals surface area (Å²) < 4.78 is 62.6. The van der Waals surface area contributed by atoms with Crippen molar-refractivity contribution >= 4 is 40.9 Å². The monoisotopic (exact) mass is 613 g/mol. The summed E-state index contributed by atoms with van der Waals surface area (Å²) in [4.78, 5) is 21.3. The molecule has 0 bridgehead atoms. The molecule has 0 aliphatic carbocycles. The molecule has 0 radical (unpaired) electrons. The van der Waals surface area contributed by atoms with Gasteiger partial charge in [0.1, 0.15) is 17.7 Å². The lowest BCUT2D eigenvalue weighted by atomic mass is 9.76. The Kier molecular flexibility index (Phi) is 7.92. The van der Waals surface area contributed by atoms with Gasteiger partial charge in [0, 0.05) is 36.3 Å². The van der Waals surface area contributed by atoms with E-state index in [1.165, 1.54) is 36.4 Å². The Hall–Kier alpha value is -3.35. The highest BCUT2D eigenvalue weighted by molar-refractivity contribution is 6.31. The molecule has 2 saturated heterocycles. The fourth-order valence-corrected chi connectivity index (χ4v) is 5.79. The van der Waals surface area contributed by atoms with E-state index in [1.54, 1.807) is 0 Å². The number of rotatable bonds is 6. The summed E-state index contributed by atoms with van der Waals surface area (Å²) in [5.74, 6) is -1.97. The summed E-state index contributed by atoms with van der Waals surface area (Å²) in [6.07, 6.45) is -5.53. The second-order valence-electron chi connectivity index (χ2n) is 10.3. The fraction of sp³-hybridized carbons (Fsp3) is 0.370. The van der Waals surface area contributed by atoms with Crippen LogP contribution in [0.1, 0.15) is 30.9 Å². The summed E-state index contributed by atoms with van der Waals surface area (Å²) in [6.45, 7) is 1.58. The SMILES string of the molecule is Nc1nc(O[C@H](c2ccc(Cl)cc2-c2ccc(F)c(Cl)c2)C(F)(F)F)cc(N2CCC3(CC2)CNC(C(=O)O)C3)n1. The number of nitrogens with zero attached hydrogens (tertiary/aromatic N) is 3. The van der Waals surface area contributed by atoms with E-state index in [0.29, 0.717) is 44.7 Å². The Morgan fingerprint density at radius 1 is 1.15 bits per heavy atom. The molecule has 2 aliphatic heterocycles. The van der Waals surface area contributed by atoms with Gasteiger partial charge in [-0.05, 0) is 60.1 Å². The molecular formula is C27H25Cl2F4N5O3. The maximum absolute atomic E-state index is 14.5. The van der Waals surface area contributed by atoms with Crippen molar-refractivity contribution < 1.29 is 32.2 Å². The van der Waals surface area contributed by atoms with Crippen molar-refractivity contribution in [3.8, 4) is 17.0 Å². The molecule has 0 amide bonds. The molecule has 5 rings (SSSR count). The lowest BCUT2D eigenvalue weighted by molar-refractivity contribution is -0.198. The molecule has 3 aromatic rings. The average Bonchev–Trinajstić information content (AvgIpc) is 3.32. The van der Waals surface area contributed by atoms with E-state index >= 15 is 0 Å². The molecule has 1 unspecified atom stereocenters. The second-order valence-corrected chi connectivity index (χ2v) is 11.1. The molecule has 0 saturated carbocycles. The van der Waals surface area contributed by atoms with Gasteiger partial charge in [-0.15, -0.1) is 0 Å². The molecule has 218 valence electrons. The number of anilines is 2. The highest BCUT2D eigenvalue weighted by atomic mass is 35.5. The number of carboxylic acid groups (broad SMARTS) is 1. The minimum Gasteiger partial charge on any atom is -0.480 e. The number of nitrogens with two attached hydrogens (primary N) is 1. The summed E-state index contributed by atoms with van der Waals surface area (Å²) in [6, 6.07) is 8.05. The molecule has 8 nitrogen and oxygen atoms in total. The summed E-state index contributed by atoms with van der Waals surface area (Å²) >= 11 is 12.0. The Morgan fingerprint density at radius 2 is 1.88 bits per heavy atom. The zero-order chi connectivity index (χ0) is 29.5. The largest absolute Gasteiger partial charge is 0.480 e. The molecule has 2 aromatic carbocycles. The third-order valence-electron chi connectivity index (χ3n) is 7.58. The molecular weight excluding hydrogens is 589 g/mol. The lowest BCUT2D eigenvalue weighted by Gasteiger charge is -2.39. The molecule has 14 heteroatoms. The van der Waals surface area contributed by atoms with Crippen molar-refractivity contribution in [3.63, 3.8) is 0 Å². The van der Waals surface area contributed by atoms with Gasteiger partial charge < -0.3 is 25.8 Å². The molecule has 3 heterocycles. The Bertz CT molecular complexity index is 1470. The first-order valence-corrected chi connectivity index (χ1v) is 13.4. The number of carboxylic acids is 1. The van der Waals surface area contributed by atoms with Crippen molar-refractivity contribution in [2.75, 3.05) is 30.3 Å². The van der Waals surface area contributed by atoms with Crippen LogP contribution in [0.25, 0.3) is 11.1 Å². The van der Waals surface area contributed by atoms with Gasteiger partial charge in [-0.2, -0.15) is 23.1 Å². The van der Waals surface area contributed by atoms with Crippen molar-refractivity contribution in [3.05, 3.63) is 63.9 Å². The first-order chi connectivity index (χ1) is 19.3. The van der Waals surface area contributed by atoms with Crippen LogP contribution in [-0.4, -0.2) is 52.9 Å². The molecule has 2 fully saturated rings. The summed E-state index contributed by atoms with van der Waals surface area (Å²) in [5.41, 5.74) is 5.68. The number of nitrogens with one attached hydrogen (secondary N) is 1. The van der Waals surface area contributed by atoms with E-state index in [1.807, 2.05) is 4.90 Å². The smallest absolute Gasteiger partial charge is 0.429 e. The van der Waals surface area contributed by atoms with Crippen LogP contribution in [0.5, 0.6) is 5.88 Å². The number of carbonyl (C=O) groups is 1. The highest BCUT2D eigenvalue weighted by Gasteiger charge is 2.46. The topological polar surface area (TPSA) is 114 Å². The number of halogens is 6. The standard InChI is InChI=1S/C27H25Cl2F4N5O3/c28-15-2-3-16(17(10-15)14-1-4-19(30)18(29)9-14)23(27(31,32)33)41-22-11-21(36-25(34)37-22)38-7-5-26(6-8-38)12-20(24(39)40)35-13-26/h1-4,9-11,20,23,35H,5-8,12-13H2,(H,39,40)(H2,34,36,37)/t20?,23-/m1/s1. The van der Waals surface area contributed by atoms with Crippen LogP contribution in [0.4, 0.5) is 29.3 Å². The third-order valence-corrected chi connectivity index (χ3v) is 8.10. The molecule has 4 N–H and O–H groups in total. The number of hydrogen-bond acceptors (Lipinski definition) is 7. The van der Waals surface area contributed by atoms with Crippen molar-refractivity contribution in [1.82, 2.24) is 15.3 Å². The summed E-state index contributed by atoms with van der Waals surface area (Å²) in [5, 5.41) is 12.3. The quantitative estimate of drug-likeness (QED) is 0.295. The van der Waals surface area contributed by atoms with Gasteiger partial charge in [0.15, 0.2) is 0 Å². The van der Waals surface area contributed by atoms with Crippen LogP contribution < -0.4 is 20.7 Å². The molecule has 1 spiro atoms. The van der Waals surface area contributed by atoms with Gasteiger partial charge in [-0.1, -0.05) is 35.3 Å². The van der Waals surface area contributed by atoms with Gasteiger partial charge in [0.25, 0.3) is 0 Å². The maximum Gasteiger partial charge on any atom is 0.429 e. The Balaban J connectivity index is 1.42. The van der Waals surface area contributed by atoms with E-state index in [-0.39, 0.29) is 44.0 Å². The first-order valence-electron chi connectivity index (χ1n) is 12.7.